The molecule has 0 saturated carbocycles. The number of esters is 1. The summed E-state index contributed by atoms with van der Waals surface area (Å²) < 4.78 is 4.85. The third-order valence-electron chi connectivity index (χ3n) is 4.26. The second-order valence-corrected chi connectivity index (χ2v) is 5.70. The molecule has 0 radical (unpaired) electrons. The molecule has 1 aromatic carbocycles. The van der Waals surface area contributed by atoms with E-state index in [1.54, 1.807) is 6.20 Å². The second-order valence-electron chi connectivity index (χ2n) is 5.70. The van der Waals surface area contributed by atoms with Crippen molar-refractivity contribution in [3.05, 3.63) is 36.0 Å². The second kappa shape index (κ2) is 5.72. The summed E-state index contributed by atoms with van der Waals surface area (Å²) in [4.78, 5) is 18.8. The monoisotopic (exact) mass is 284 g/mol. The number of hydrogen-bond acceptors (Lipinski definition) is 4. The Morgan fingerprint density at radius 3 is 2.57 bits per heavy atom. The topological polar surface area (TPSA) is 42.4 Å². The third-order valence-corrected chi connectivity index (χ3v) is 4.26. The highest BCUT2D eigenvalue weighted by molar-refractivity contribution is 6.07. The Kier molecular flexibility index (Phi) is 3.78. The van der Waals surface area contributed by atoms with E-state index in [9.17, 15) is 4.79 Å². The molecular weight excluding hydrogens is 264 g/mol. The average molecular weight is 284 g/mol. The van der Waals surface area contributed by atoms with Gasteiger partial charge in [-0.05, 0) is 18.8 Å². The Morgan fingerprint density at radius 1 is 1.24 bits per heavy atom. The molecule has 1 aliphatic rings. The van der Waals surface area contributed by atoms with Gasteiger partial charge in [0.1, 0.15) is 5.82 Å². The maximum Gasteiger partial charge on any atom is 0.340 e. The number of rotatable bonds is 2. The Morgan fingerprint density at radius 2 is 1.90 bits per heavy atom. The number of benzene rings is 1. The number of carbonyl (C=O) groups excluding carboxylic acids is 1. The fraction of sp³-hybridized carbons (Fsp3) is 0.412. The Hall–Kier alpha value is -2.10. The fourth-order valence-corrected chi connectivity index (χ4v) is 2.92. The first-order chi connectivity index (χ1) is 10.2. The maximum absolute atomic E-state index is 11.9. The van der Waals surface area contributed by atoms with Gasteiger partial charge in [-0.2, -0.15) is 0 Å². The molecule has 1 fully saturated rings. The lowest BCUT2D eigenvalue weighted by molar-refractivity contribution is 0.0602. The van der Waals surface area contributed by atoms with Crippen LogP contribution in [0.2, 0.25) is 0 Å². The van der Waals surface area contributed by atoms with Gasteiger partial charge in [0.15, 0.2) is 0 Å². The summed E-state index contributed by atoms with van der Waals surface area (Å²) in [7, 11) is 1.40. The molecule has 0 aliphatic carbocycles. The zero-order valence-electron chi connectivity index (χ0n) is 12.5. The van der Waals surface area contributed by atoms with Crippen molar-refractivity contribution < 1.29 is 9.53 Å². The van der Waals surface area contributed by atoms with Crippen LogP contribution in [0.1, 0.15) is 30.1 Å². The van der Waals surface area contributed by atoms with E-state index >= 15 is 0 Å². The van der Waals surface area contributed by atoms with Gasteiger partial charge >= 0.3 is 5.97 Å². The first kappa shape index (κ1) is 13.9. The third kappa shape index (κ3) is 2.58. The quantitative estimate of drug-likeness (QED) is 0.794. The molecule has 2 heterocycles. The predicted octanol–water partition coefficient (Wildman–Crippen LogP) is 3.26. The van der Waals surface area contributed by atoms with E-state index in [-0.39, 0.29) is 5.97 Å². The minimum atomic E-state index is -0.336. The van der Waals surface area contributed by atoms with Crippen LogP contribution in [0.5, 0.6) is 0 Å². The lowest BCUT2D eigenvalue weighted by atomic mass is 9.98. The lowest BCUT2D eigenvalue weighted by Gasteiger charge is -2.32. The largest absolute Gasteiger partial charge is 0.465 e. The predicted molar refractivity (Wildman–Crippen MR) is 83.7 cm³/mol. The smallest absolute Gasteiger partial charge is 0.340 e. The van der Waals surface area contributed by atoms with E-state index in [4.69, 9.17) is 4.74 Å². The SMILES string of the molecule is COC(=O)c1cnc(N2CCC(C)CC2)c2ccccc12. The van der Waals surface area contributed by atoms with Crippen LogP contribution < -0.4 is 4.90 Å². The molecule has 0 N–H and O–H groups in total. The normalized spacial score (nSPS) is 16.2. The van der Waals surface area contributed by atoms with E-state index in [0.29, 0.717) is 5.56 Å². The van der Waals surface area contributed by atoms with Gasteiger partial charge in [0.25, 0.3) is 0 Å². The van der Waals surface area contributed by atoms with Crippen molar-refractivity contribution in [1.29, 1.82) is 0 Å². The number of anilines is 1. The minimum absolute atomic E-state index is 0.336. The van der Waals surface area contributed by atoms with Gasteiger partial charge in [-0.15, -0.1) is 0 Å². The van der Waals surface area contributed by atoms with Crippen molar-refractivity contribution >= 4 is 22.6 Å². The highest BCUT2D eigenvalue weighted by atomic mass is 16.5. The van der Waals surface area contributed by atoms with E-state index in [1.165, 1.54) is 20.0 Å². The molecule has 1 aromatic heterocycles. The van der Waals surface area contributed by atoms with Crippen LogP contribution in [0.15, 0.2) is 30.5 Å². The molecule has 21 heavy (non-hydrogen) atoms. The molecule has 0 unspecified atom stereocenters. The van der Waals surface area contributed by atoms with Crippen LogP contribution in [0.4, 0.5) is 5.82 Å². The van der Waals surface area contributed by atoms with E-state index in [2.05, 4.69) is 16.8 Å². The van der Waals surface area contributed by atoms with E-state index in [0.717, 1.165) is 35.6 Å². The number of carbonyl (C=O) groups is 1. The Balaban J connectivity index is 2.07. The first-order valence-corrected chi connectivity index (χ1v) is 7.41. The number of pyridine rings is 1. The maximum atomic E-state index is 11.9. The molecule has 4 nitrogen and oxygen atoms in total. The summed E-state index contributed by atoms with van der Waals surface area (Å²) >= 11 is 0. The number of fused-ring (bicyclic) bond motifs is 1. The summed E-state index contributed by atoms with van der Waals surface area (Å²) in [6.45, 7) is 4.34. The highest BCUT2D eigenvalue weighted by Crippen LogP contribution is 2.30. The van der Waals surface area contributed by atoms with Gasteiger partial charge in [-0.3, -0.25) is 0 Å². The summed E-state index contributed by atoms with van der Waals surface area (Å²) in [6, 6.07) is 7.92. The van der Waals surface area contributed by atoms with Crippen LogP contribution in [0.25, 0.3) is 10.8 Å². The van der Waals surface area contributed by atoms with Gasteiger partial charge in [0.2, 0.25) is 0 Å². The van der Waals surface area contributed by atoms with Crippen molar-refractivity contribution in [2.45, 2.75) is 19.8 Å². The average Bonchev–Trinajstić information content (AvgIpc) is 2.54. The van der Waals surface area contributed by atoms with Gasteiger partial charge < -0.3 is 9.64 Å². The van der Waals surface area contributed by atoms with Crippen LogP contribution in [-0.4, -0.2) is 31.2 Å². The van der Waals surface area contributed by atoms with Gasteiger partial charge in [0.05, 0.1) is 12.7 Å². The van der Waals surface area contributed by atoms with Crippen LogP contribution in [-0.2, 0) is 4.74 Å². The van der Waals surface area contributed by atoms with Crippen molar-refractivity contribution in [1.82, 2.24) is 4.98 Å². The molecular formula is C17H20N2O2. The summed E-state index contributed by atoms with van der Waals surface area (Å²) in [5.74, 6) is 1.42. The summed E-state index contributed by atoms with van der Waals surface area (Å²) in [5, 5.41) is 1.93. The molecule has 1 saturated heterocycles. The highest BCUT2D eigenvalue weighted by Gasteiger charge is 2.21. The number of ether oxygens (including phenoxy) is 1. The van der Waals surface area contributed by atoms with Crippen LogP contribution >= 0.6 is 0 Å². The molecule has 2 aromatic rings. The first-order valence-electron chi connectivity index (χ1n) is 7.41. The van der Waals surface area contributed by atoms with Crippen LogP contribution in [0, 0.1) is 5.92 Å². The molecule has 4 heteroatoms. The summed E-state index contributed by atoms with van der Waals surface area (Å²) in [5.41, 5.74) is 0.530. The standard InChI is InChI=1S/C17H20N2O2/c1-12-7-9-19(10-8-12)16-14-6-4-3-5-13(14)15(11-18-16)17(20)21-2/h3-6,11-12H,7-10H2,1-2H3. The van der Waals surface area contributed by atoms with Gasteiger partial charge in [-0.25, -0.2) is 9.78 Å². The molecule has 1 aliphatic heterocycles. The zero-order chi connectivity index (χ0) is 14.8. The Bertz CT molecular complexity index is 661. The molecule has 0 bridgehead atoms. The zero-order valence-corrected chi connectivity index (χ0v) is 12.5. The van der Waals surface area contributed by atoms with Gasteiger partial charge in [-0.1, -0.05) is 31.2 Å². The number of hydrogen-bond donors (Lipinski definition) is 0. The number of piperidine rings is 1. The van der Waals surface area contributed by atoms with Gasteiger partial charge in [0, 0.05) is 30.1 Å². The molecule has 0 amide bonds. The molecule has 3 rings (SSSR count). The summed E-state index contributed by atoms with van der Waals surface area (Å²) in [6.07, 6.45) is 4.02. The van der Waals surface area contributed by atoms with E-state index < -0.39 is 0 Å². The van der Waals surface area contributed by atoms with Crippen molar-refractivity contribution in [3.63, 3.8) is 0 Å². The fourth-order valence-electron chi connectivity index (χ4n) is 2.92. The molecule has 0 spiro atoms. The van der Waals surface area contributed by atoms with E-state index in [1.807, 2.05) is 24.3 Å². The lowest BCUT2D eigenvalue weighted by Crippen LogP contribution is -2.33. The number of methoxy groups -OCH3 is 1. The Labute approximate surface area is 124 Å². The minimum Gasteiger partial charge on any atom is -0.465 e. The van der Waals surface area contributed by atoms with Crippen molar-refractivity contribution in [3.8, 4) is 0 Å². The molecule has 110 valence electrons. The molecule has 0 atom stereocenters. The van der Waals surface area contributed by atoms with Crippen molar-refractivity contribution in [2.75, 3.05) is 25.1 Å². The number of aromatic nitrogens is 1. The number of nitrogens with zero attached hydrogens (tertiary/aromatic N) is 2. The van der Waals surface area contributed by atoms with Crippen LogP contribution in [0.3, 0.4) is 0 Å². The van der Waals surface area contributed by atoms with Crippen molar-refractivity contribution in [2.24, 2.45) is 5.92 Å².